The van der Waals surface area contributed by atoms with Crippen molar-refractivity contribution in [3.8, 4) is 22.6 Å². The molecule has 8 nitrogen and oxygen atoms in total. The smallest absolute Gasteiger partial charge is 0.259 e. The number of hydrogen-bond acceptors (Lipinski definition) is 8. The van der Waals surface area contributed by atoms with Crippen LogP contribution in [0.3, 0.4) is 0 Å². The average Bonchev–Trinajstić information content (AvgIpc) is 3.29. The van der Waals surface area contributed by atoms with Crippen molar-refractivity contribution in [1.82, 2.24) is 14.9 Å². The molecule has 3 N–H and O–H groups in total. The molecule has 0 unspecified atom stereocenters. The Morgan fingerprint density at radius 1 is 1.18 bits per heavy atom. The van der Waals surface area contributed by atoms with Gasteiger partial charge < -0.3 is 25.4 Å². The summed E-state index contributed by atoms with van der Waals surface area (Å²) >= 11 is 1.29. The molecule has 0 spiro atoms. The number of rotatable bonds is 9. The van der Waals surface area contributed by atoms with Crippen molar-refractivity contribution in [3.63, 3.8) is 0 Å². The summed E-state index contributed by atoms with van der Waals surface area (Å²) in [6.07, 6.45) is 4.01. The number of thiophene rings is 1. The molecule has 0 atom stereocenters. The van der Waals surface area contributed by atoms with Crippen LogP contribution in [0.5, 0.6) is 11.5 Å². The molecule has 0 saturated carbocycles. The molecule has 204 valence electrons. The van der Waals surface area contributed by atoms with Gasteiger partial charge in [0.25, 0.3) is 5.91 Å². The Labute approximate surface area is 233 Å². The first-order chi connectivity index (χ1) is 18.8. The van der Waals surface area contributed by atoms with Crippen molar-refractivity contribution in [2.24, 2.45) is 5.73 Å². The van der Waals surface area contributed by atoms with E-state index >= 15 is 0 Å². The van der Waals surface area contributed by atoms with Crippen LogP contribution in [0.15, 0.2) is 48.7 Å². The predicted molar refractivity (Wildman–Crippen MR) is 157 cm³/mol. The van der Waals surface area contributed by atoms with Gasteiger partial charge in [0.1, 0.15) is 16.4 Å². The molecule has 0 aliphatic carbocycles. The Hall–Kier alpha value is -3.69. The number of benzene rings is 2. The highest BCUT2D eigenvalue weighted by atomic mass is 32.1. The molecule has 0 radical (unpaired) electrons. The van der Waals surface area contributed by atoms with Gasteiger partial charge in [0.05, 0.1) is 34.8 Å². The van der Waals surface area contributed by atoms with Crippen molar-refractivity contribution in [1.29, 1.82) is 0 Å². The molecular weight excluding hydrogens is 510 g/mol. The Morgan fingerprint density at radius 3 is 2.67 bits per heavy atom. The molecule has 1 amide bonds. The maximum atomic E-state index is 12.4. The van der Waals surface area contributed by atoms with Gasteiger partial charge in [0.15, 0.2) is 0 Å². The molecule has 9 heteroatoms. The largest absolute Gasteiger partial charge is 0.493 e. The number of aromatic nitrogens is 2. The van der Waals surface area contributed by atoms with Gasteiger partial charge in [-0.05, 0) is 83.4 Å². The van der Waals surface area contributed by atoms with Crippen LogP contribution in [0.4, 0.5) is 11.6 Å². The van der Waals surface area contributed by atoms with Gasteiger partial charge in [-0.3, -0.25) is 4.79 Å². The first-order valence-corrected chi connectivity index (χ1v) is 14.2. The number of carbonyl (C=O) groups is 1. The number of nitrogens with one attached hydrogen (secondary N) is 1. The number of anilines is 2. The van der Waals surface area contributed by atoms with Crippen LogP contribution in [0.25, 0.3) is 21.3 Å². The third kappa shape index (κ3) is 5.84. The van der Waals surface area contributed by atoms with Crippen LogP contribution in [0.2, 0.25) is 0 Å². The average molecular weight is 546 g/mol. The van der Waals surface area contributed by atoms with Crippen molar-refractivity contribution >= 4 is 39.1 Å². The third-order valence-corrected chi connectivity index (χ3v) is 8.04. The molecule has 0 bridgehead atoms. The molecule has 1 aliphatic rings. The lowest BCUT2D eigenvalue weighted by Gasteiger charge is -2.29. The first-order valence-electron chi connectivity index (χ1n) is 13.4. The normalized spacial score (nSPS) is 14.6. The quantitative estimate of drug-likeness (QED) is 0.258. The Bertz CT molecular complexity index is 1480. The number of para-hydroxylation sites is 1. The highest BCUT2D eigenvalue weighted by Crippen LogP contribution is 2.42. The van der Waals surface area contributed by atoms with Gasteiger partial charge in [-0.1, -0.05) is 24.3 Å². The number of nitrogens with two attached hydrogens (primary N) is 1. The van der Waals surface area contributed by atoms with E-state index in [4.69, 9.17) is 20.2 Å². The second kappa shape index (κ2) is 11.6. The van der Waals surface area contributed by atoms with Gasteiger partial charge in [-0.25, -0.2) is 9.97 Å². The summed E-state index contributed by atoms with van der Waals surface area (Å²) in [4.78, 5) is 24.7. The van der Waals surface area contributed by atoms with Crippen LogP contribution < -0.4 is 20.5 Å². The fraction of sp³-hybridized carbons (Fsp3) is 0.367. The van der Waals surface area contributed by atoms with Gasteiger partial charge in [-0.15, -0.1) is 11.3 Å². The van der Waals surface area contributed by atoms with Crippen LogP contribution in [0.1, 0.15) is 54.8 Å². The summed E-state index contributed by atoms with van der Waals surface area (Å²) in [5.41, 5.74) is 9.96. The van der Waals surface area contributed by atoms with Gasteiger partial charge in [0, 0.05) is 11.1 Å². The maximum absolute atomic E-state index is 12.4. The topological polar surface area (TPSA) is 103 Å². The molecule has 1 fully saturated rings. The molecular formula is C30H35N5O3S. The Morgan fingerprint density at radius 2 is 1.95 bits per heavy atom. The van der Waals surface area contributed by atoms with Crippen LogP contribution >= 0.6 is 11.3 Å². The van der Waals surface area contributed by atoms with Crippen molar-refractivity contribution in [3.05, 3.63) is 59.1 Å². The minimum Gasteiger partial charge on any atom is -0.493 e. The van der Waals surface area contributed by atoms with E-state index in [1.807, 2.05) is 51.1 Å². The minimum atomic E-state index is -0.508. The highest BCUT2D eigenvalue weighted by Gasteiger charge is 2.24. The molecule has 39 heavy (non-hydrogen) atoms. The maximum Gasteiger partial charge on any atom is 0.259 e. The number of hydrogen-bond donors (Lipinski definition) is 2. The molecule has 3 heterocycles. The molecule has 2 aromatic carbocycles. The number of piperidine rings is 1. The number of primary amides is 1. The molecule has 1 saturated heterocycles. The predicted octanol–water partition coefficient (Wildman–Crippen LogP) is 6.20. The minimum absolute atomic E-state index is 0.0124. The lowest BCUT2D eigenvalue weighted by Crippen LogP contribution is -2.29. The lowest BCUT2D eigenvalue weighted by molar-refractivity contribution is 0.100. The van der Waals surface area contributed by atoms with Crippen molar-refractivity contribution in [2.75, 3.05) is 32.1 Å². The molecule has 1 aliphatic heterocycles. The van der Waals surface area contributed by atoms with E-state index in [-0.39, 0.29) is 6.10 Å². The monoisotopic (exact) mass is 545 g/mol. The summed E-state index contributed by atoms with van der Waals surface area (Å²) in [7, 11) is 2.17. The van der Waals surface area contributed by atoms with E-state index in [0.29, 0.717) is 40.2 Å². The Kier molecular flexibility index (Phi) is 7.99. The van der Waals surface area contributed by atoms with Crippen LogP contribution in [-0.2, 0) is 0 Å². The van der Waals surface area contributed by atoms with Crippen LogP contribution in [-0.4, -0.2) is 53.6 Å². The number of ether oxygens (including phenoxy) is 2. The van der Waals surface area contributed by atoms with E-state index in [9.17, 15) is 4.79 Å². The fourth-order valence-electron chi connectivity index (χ4n) is 5.04. The number of nitrogens with zero attached hydrogens (tertiary/aromatic N) is 3. The summed E-state index contributed by atoms with van der Waals surface area (Å²) in [5, 5.41) is 3.37. The van der Waals surface area contributed by atoms with E-state index in [0.717, 1.165) is 47.6 Å². The fourth-order valence-corrected chi connectivity index (χ4v) is 6.02. The third-order valence-electron chi connectivity index (χ3n) is 6.92. The highest BCUT2D eigenvalue weighted by molar-refractivity contribution is 7.21. The zero-order valence-corrected chi connectivity index (χ0v) is 23.7. The van der Waals surface area contributed by atoms with Gasteiger partial charge in [0.2, 0.25) is 5.95 Å². The number of amides is 1. The van der Waals surface area contributed by atoms with Crippen molar-refractivity contribution in [2.45, 2.75) is 45.6 Å². The number of likely N-dealkylation sites (tertiary alicyclic amines) is 1. The lowest BCUT2D eigenvalue weighted by atomic mass is 9.89. The summed E-state index contributed by atoms with van der Waals surface area (Å²) in [6.45, 7) is 8.67. The van der Waals surface area contributed by atoms with Crippen LogP contribution in [0, 0.1) is 0 Å². The van der Waals surface area contributed by atoms with Gasteiger partial charge >= 0.3 is 0 Å². The van der Waals surface area contributed by atoms with E-state index in [1.54, 1.807) is 6.20 Å². The molecule has 2 aromatic heterocycles. The first kappa shape index (κ1) is 26.9. The standard InChI is InChI=1S/C30H35N5O3S/c1-5-37-23-9-7-6-8-21(23)26-27-25(39-28(26)29(31)36)17-32-30(34-27)33-22-11-10-20(16-24(22)38-18(2)3)19-12-14-35(4)15-13-19/h6-11,16-19H,5,12-15H2,1-4H3,(H2,31,36)(H,32,33,34). The second-order valence-corrected chi connectivity index (χ2v) is 11.2. The van der Waals surface area contributed by atoms with E-state index < -0.39 is 5.91 Å². The molecule has 4 aromatic rings. The van der Waals surface area contributed by atoms with E-state index in [1.165, 1.54) is 16.9 Å². The summed E-state index contributed by atoms with van der Waals surface area (Å²) in [5.74, 6) is 1.86. The number of carbonyl (C=O) groups excluding carboxylic acids is 1. The second-order valence-electron chi connectivity index (χ2n) is 10.1. The van der Waals surface area contributed by atoms with Gasteiger partial charge in [-0.2, -0.15) is 0 Å². The SMILES string of the molecule is CCOc1ccccc1-c1c(C(N)=O)sc2cnc(Nc3ccc(C4CCN(C)CC4)cc3OC(C)C)nc12. The summed E-state index contributed by atoms with van der Waals surface area (Å²) in [6, 6.07) is 14.0. The molecule has 5 rings (SSSR count). The zero-order chi connectivity index (χ0) is 27.5. The zero-order valence-electron chi connectivity index (χ0n) is 22.9. The van der Waals surface area contributed by atoms with E-state index in [2.05, 4.69) is 34.4 Å². The number of fused-ring (bicyclic) bond motifs is 1. The van der Waals surface area contributed by atoms with Crippen molar-refractivity contribution < 1.29 is 14.3 Å². The summed E-state index contributed by atoms with van der Waals surface area (Å²) < 4.78 is 12.9. The Balaban J connectivity index is 1.54.